The van der Waals surface area contributed by atoms with E-state index in [1.54, 1.807) is 20.1 Å². The van der Waals surface area contributed by atoms with Crippen LogP contribution in [-0.2, 0) is 4.79 Å². The molecule has 0 amide bonds. The number of ether oxygens (including phenoxy) is 2. The Kier molecular flexibility index (Phi) is 4.54. The predicted molar refractivity (Wildman–Crippen MR) is 93.4 cm³/mol. The molecule has 1 atom stereocenters. The van der Waals surface area contributed by atoms with Crippen molar-refractivity contribution in [3.63, 3.8) is 0 Å². The average Bonchev–Trinajstić information content (AvgIpc) is 2.87. The molecule has 1 aromatic rings. The SMILES string of the molecule is COc1cc(C2SCCS2)ccc1OC(=O)C1(C)CC1(Cl)Cl. The zero-order valence-corrected chi connectivity index (χ0v) is 15.4. The fourth-order valence-corrected chi connectivity index (χ4v) is 5.83. The highest BCUT2D eigenvalue weighted by Crippen LogP contribution is 2.64. The van der Waals surface area contributed by atoms with Gasteiger partial charge in [0.05, 0.1) is 11.7 Å². The molecule has 3 rings (SSSR count). The van der Waals surface area contributed by atoms with Gasteiger partial charge in [-0.3, -0.25) is 4.79 Å². The van der Waals surface area contributed by atoms with E-state index in [0.29, 0.717) is 22.5 Å². The molecule has 1 aliphatic carbocycles. The summed E-state index contributed by atoms with van der Waals surface area (Å²) in [4.78, 5) is 12.3. The van der Waals surface area contributed by atoms with Crippen LogP contribution in [0.15, 0.2) is 18.2 Å². The van der Waals surface area contributed by atoms with Gasteiger partial charge in [0, 0.05) is 17.9 Å². The molecule has 22 heavy (non-hydrogen) atoms. The van der Waals surface area contributed by atoms with E-state index in [1.807, 2.05) is 35.7 Å². The molecule has 0 spiro atoms. The second-order valence-corrected chi connectivity index (χ2v) is 9.79. The molecule has 1 aromatic carbocycles. The molecule has 1 saturated carbocycles. The van der Waals surface area contributed by atoms with Crippen molar-refractivity contribution in [2.24, 2.45) is 5.41 Å². The van der Waals surface area contributed by atoms with Crippen molar-refractivity contribution in [1.82, 2.24) is 0 Å². The average molecular weight is 379 g/mol. The second kappa shape index (κ2) is 6.00. The molecule has 3 nitrogen and oxygen atoms in total. The number of thioether (sulfide) groups is 2. The Bertz CT molecular complexity index is 602. The maximum Gasteiger partial charge on any atom is 0.320 e. The third kappa shape index (κ3) is 2.93. The van der Waals surface area contributed by atoms with Crippen molar-refractivity contribution >= 4 is 52.7 Å². The van der Waals surface area contributed by atoms with Crippen LogP contribution in [0.5, 0.6) is 11.5 Å². The number of hydrogen-bond donors (Lipinski definition) is 0. The Labute approximate surface area is 148 Å². The lowest BCUT2D eigenvalue weighted by atomic mass is 10.1. The number of benzene rings is 1. The number of esters is 1. The van der Waals surface area contributed by atoms with E-state index in [9.17, 15) is 4.79 Å². The molecule has 2 fully saturated rings. The van der Waals surface area contributed by atoms with Crippen LogP contribution >= 0.6 is 46.7 Å². The standard InChI is InChI=1S/C15H16Cl2O3S2/c1-14(8-15(14,16)17)13(18)20-10-4-3-9(7-11(10)19-2)12-21-5-6-22-12/h3-4,7,12H,5-6,8H2,1-2H3. The number of carbonyl (C=O) groups is 1. The summed E-state index contributed by atoms with van der Waals surface area (Å²) < 4.78 is 10.2. The smallest absolute Gasteiger partial charge is 0.320 e. The third-order valence-electron chi connectivity index (χ3n) is 3.99. The highest BCUT2D eigenvalue weighted by molar-refractivity contribution is 8.19. The Balaban J connectivity index is 1.78. The molecular weight excluding hydrogens is 363 g/mol. The largest absolute Gasteiger partial charge is 0.493 e. The Morgan fingerprint density at radius 3 is 2.45 bits per heavy atom. The van der Waals surface area contributed by atoms with E-state index in [4.69, 9.17) is 32.7 Å². The first-order valence-corrected chi connectivity index (χ1v) is 9.74. The summed E-state index contributed by atoms with van der Waals surface area (Å²) in [5, 5.41) is 0. The first-order valence-electron chi connectivity index (χ1n) is 6.89. The van der Waals surface area contributed by atoms with Gasteiger partial charge in [-0.05, 0) is 24.6 Å². The molecule has 1 heterocycles. The van der Waals surface area contributed by atoms with Crippen molar-refractivity contribution in [3.05, 3.63) is 23.8 Å². The first-order chi connectivity index (χ1) is 10.4. The molecule has 0 bridgehead atoms. The first kappa shape index (κ1) is 16.6. The van der Waals surface area contributed by atoms with Gasteiger partial charge in [-0.25, -0.2) is 0 Å². The molecule has 0 N–H and O–H groups in total. The third-order valence-corrected chi connectivity index (χ3v) is 8.20. The lowest BCUT2D eigenvalue weighted by molar-refractivity contribution is -0.140. The predicted octanol–water partition coefficient (Wildman–Crippen LogP) is 4.66. The monoisotopic (exact) mass is 378 g/mol. The summed E-state index contributed by atoms with van der Waals surface area (Å²) in [5.41, 5.74) is 0.322. The van der Waals surface area contributed by atoms with E-state index in [2.05, 4.69) is 0 Å². The van der Waals surface area contributed by atoms with Crippen LogP contribution in [0.2, 0.25) is 0 Å². The Morgan fingerprint density at radius 2 is 1.91 bits per heavy atom. The normalized spacial score (nSPS) is 26.7. The van der Waals surface area contributed by atoms with Gasteiger partial charge in [0.25, 0.3) is 0 Å². The summed E-state index contributed by atoms with van der Waals surface area (Å²) in [6, 6.07) is 5.69. The summed E-state index contributed by atoms with van der Waals surface area (Å²) >= 11 is 15.9. The maximum absolute atomic E-state index is 12.3. The van der Waals surface area contributed by atoms with Crippen LogP contribution in [0.3, 0.4) is 0 Å². The fraction of sp³-hybridized carbons (Fsp3) is 0.533. The zero-order chi connectivity index (χ0) is 16.0. The molecule has 1 aliphatic heterocycles. The Hall–Kier alpha value is -0.230. The second-order valence-electron chi connectivity index (χ2n) is 5.59. The number of hydrogen-bond acceptors (Lipinski definition) is 5. The van der Waals surface area contributed by atoms with Gasteiger partial charge in [0.2, 0.25) is 0 Å². The topological polar surface area (TPSA) is 35.5 Å². The molecule has 1 unspecified atom stereocenters. The van der Waals surface area contributed by atoms with Crippen LogP contribution in [0.1, 0.15) is 23.5 Å². The van der Waals surface area contributed by atoms with E-state index >= 15 is 0 Å². The molecule has 0 radical (unpaired) electrons. The van der Waals surface area contributed by atoms with E-state index in [-0.39, 0.29) is 0 Å². The van der Waals surface area contributed by atoms with Gasteiger partial charge in [-0.2, -0.15) is 0 Å². The molecular formula is C15H16Cl2O3S2. The van der Waals surface area contributed by atoms with Crippen molar-refractivity contribution in [2.75, 3.05) is 18.6 Å². The van der Waals surface area contributed by atoms with E-state index in [0.717, 1.165) is 11.5 Å². The van der Waals surface area contributed by atoms with Crippen molar-refractivity contribution in [1.29, 1.82) is 0 Å². The van der Waals surface area contributed by atoms with Gasteiger partial charge in [0.15, 0.2) is 11.5 Å². The van der Waals surface area contributed by atoms with Crippen LogP contribution in [-0.4, -0.2) is 28.9 Å². The van der Waals surface area contributed by atoms with Crippen LogP contribution in [0.25, 0.3) is 0 Å². The number of rotatable bonds is 4. The molecule has 1 saturated heterocycles. The number of carbonyl (C=O) groups excluding carboxylic acids is 1. The van der Waals surface area contributed by atoms with Gasteiger partial charge >= 0.3 is 5.97 Å². The van der Waals surface area contributed by atoms with Gasteiger partial charge in [0.1, 0.15) is 9.75 Å². The minimum absolute atomic E-state index is 0.400. The van der Waals surface area contributed by atoms with Crippen LogP contribution in [0, 0.1) is 5.41 Å². The van der Waals surface area contributed by atoms with Crippen LogP contribution in [0.4, 0.5) is 0 Å². The van der Waals surface area contributed by atoms with E-state index < -0.39 is 15.7 Å². The minimum atomic E-state index is -1.03. The van der Waals surface area contributed by atoms with Crippen molar-refractivity contribution in [3.8, 4) is 11.5 Å². The maximum atomic E-state index is 12.3. The van der Waals surface area contributed by atoms with Gasteiger partial charge in [-0.1, -0.05) is 6.07 Å². The van der Waals surface area contributed by atoms with E-state index in [1.165, 1.54) is 5.56 Å². The highest BCUT2D eigenvalue weighted by Gasteiger charge is 2.69. The Morgan fingerprint density at radius 1 is 1.27 bits per heavy atom. The number of methoxy groups -OCH3 is 1. The molecule has 0 aromatic heterocycles. The molecule has 120 valence electrons. The summed E-state index contributed by atoms with van der Waals surface area (Å²) in [6.45, 7) is 1.71. The van der Waals surface area contributed by atoms with Crippen molar-refractivity contribution < 1.29 is 14.3 Å². The minimum Gasteiger partial charge on any atom is -0.493 e. The summed E-state index contributed by atoms with van der Waals surface area (Å²) in [5.74, 6) is 2.84. The van der Waals surface area contributed by atoms with Gasteiger partial charge in [-0.15, -0.1) is 46.7 Å². The molecule has 2 aliphatic rings. The molecule has 7 heteroatoms. The fourth-order valence-electron chi connectivity index (χ4n) is 2.30. The lowest BCUT2D eigenvalue weighted by Gasteiger charge is -2.16. The van der Waals surface area contributed by atoms with Gasteiger partial charge < -0.3 is 9.47 Å². The summed E-state index contributed by atoms with van der Waals surface area (Å²) in [6.07, 6.45) is 0.400. The summed E-state index contributed by atoms with van der Waals surface area (Å²) in [7, 11) is 1.57. The highest BCUT2D eigenvalue weighted by atomic mass is 35.5. The number of halogens is 2. The van der Waals surface area contributed by atoms with Crippen LogP contribution < -0.4 is 9.47 Å². The van der Waals surface area contributed by atoms with Crippen molar-refractivity contribution in [2.45, 2.75) is 22.3 Å². The zero-order valence-electron chi connectivity index (χ0n) is 12.2. The lowest BCUT2D eigenvalue weighted by Crippen LogP contribution is -2.24. The quantitative estimate of drug-likeness (QED) is 0.432. The number of alkyl halides is 2.